The van der Waals surface area contributed by atoms with E-state index in [9.17, 15) is 0 Å². The Morgan fingerprint density at radius 2 is 2.26 bits per heavy atom. The molecule has 0 spiro atoms. The Bertz CT molecular complexity index is 498. The molecule has 1 unspecified atom stereocenters. The van der Waals surface area contributed by atoms with Crippen LogP contribution in [0.2, 0.25) is 0 Å². The lowest BCUT2D eigenvalue weighted by atomic mass is 10.3. The maximum atomic E-state index is 8.88. The normalized spacial score (nSPS) is 15.6. The number of ether oxygens (including phenoxy) is 2. The lowest BCUT2D eigenvalue weighted by Crippen LogP contribution is -2.38. The molecule has 1 aromatic rings. The van der Waals surface area contributed by atoms with Crippen molar-refractivity contribution in [3.63, 3.8) is 0 Å². The summed E-state index contributed by atoms with van der Waals surface area (Å²) in [7, 11) is 3.29. The largest absolute Gasteiger partial charge is 0.380 e. The highest BCUT2D eigenvalue weighted by Crippen LogP contribution is 2.20. The molecule has 0 aliphatic carbocycles. The van der Waals surface area contributed by atoms with E-state index in [-0.39, 0.29) is 6.23 Å². The second-order valence-electron chi connectivity index (χ2n) is 4.11. The average Bonchev–Trinajstić information content (AvgIpc) is 2.94. The van der Waals surface area contributed by atoms with Gasteiger partial charge in [0, 0.05) is 32.8 Å². The topological polar surface area (TPSA) is 61.6 Å². The van der Waals surface area contributed by atoms with E-state index >= 15 is 0 Å². The molecule has 0 amide bonds. The van der Waals surface area contributed by atoms with Gasteiger partial charge in [-0.3, -0.25) is 4.98 Å². The van der Waals surface area contributed by atoms with Crippen LogP contribution in [0.4, 0.5) is 5.69 Å². The first-order valence-electron chi connectivity index (χ1n) is 5.86. The van der Waals surface area contributed by atoms with Crippen LogP contribution in [0, 0.1) is 11.3 Å². The van der Waals surface area contributed by atoms with E-state index < -0.39 is 0 Å². The fourth-order valence-corrected chi connectivity index (χ4v) is 1.88. The Morgan fingerprint density at radius 1 is 1.42 bits per heavy atom. The van der Waals surface area contributed by atoms with E-state index in [4.69, 9.17) is 14.7 Å². The van der Waals surface area contributed by atoms with Crippen LogP contribution in [0.5, 0.6) is 0 Å². The number of nitriles is 1. The van der Waals surface area contributed by atoms with Gasteiger partial charge in [0.1, 0.15) is 6.07 Å². The number of anilines is 1. The van der Waals surface area contributed by atoms with Crippen molar-refractivity contribution in [2.75, 3.05) is 32.4 Å². The fraction of sp³-hybridized carbons (Fsp3) is 0.385. The third kappa shape index (κ3) is 3.02. The van der Waals surface area contributed by atoms with Gasteiger partial charge in [0.2, 0.25) is 0 Å². The zero-order chi connectivity index (χ0) is 13.7. The van der Waals surface area contributed by atoms with E-state index in [2.05, 4.69) is 11.1 Å². The molecule has 1 aromatic heterocycles. The fourth-order valence-electron chi connectivity index (χ4n) is 1.88. The first-order chi connectivity index (χ1) is 9.28. The van der Waals surface area contributed by atoms with Crippen LogP contribution in [0.3, 0.4) is 0 Å². The summed E-state index contributed by atoms with van der Waals surface area (Å²) in [5.41, 5.74) is 1.43. The zero-order valence-electron chi connectivity index (χ0n) is 11.0. The van der Waals surface area contributed by atoms with Crippen molar-refractivity contribution in [1.29, 1.82) is 5.26 Å². The molecular formula is C13H16N4O2. The Labute approximate surface area is 112 Å². The predicted molar refractivity (Wildman–Crippen MR) is 70.0 cm³/mol. The van der Waals surface area contributed by atoms with Crippen LogP contribution in [-0.4, -0.2) is 43.6 Å². The summed E-state index contributed by atoms with van der Waals surface area (Å²) in [6, 6.07) is 3.89. The standard InChI is InChI=1S/C13H16N4O2/c1-18-9-13(19-2)17-4-3-16(10-17)12-5-11(6-14)7-15-8-12/h3-5,7-8,13H,9-10H2,1-2H3. The molecule has 0 radical (unpaired) electrons. The smallest absolute Gasteiger partial charge is 0.154 e. The molecular weight excluding hydrogens is 244 g/mol. The van der Waals surface area contributed by atoms with Crippen LogP contribution in [0.1, 0.15) is 5.56 Å². The highest BCUT2D eigenvalue weighted by Gasteiger charge is 2.21. The van der Waals surface area contributed by atoms with E-state index in [1.54, 1.807) is 32.7 Å². The number of rotatable bonds is 5. The molecule has 0 saturated carbocycles. The van der Waals surface area contributed by atoms with Crippen molar-refractivity contribution in [1.82, 2.24) is 9.88 Å². The maximum absolute atomic E-state index is 8.88. The number of methoxy groups -OCH3 is 2. The van der Waals surface area contributed by atoms with Gasteiger partial charge >= 0.3 is 0 Å². The first-order valence-corrected chi connectivity index (χ1v) is 5.86. The van der Waals surface area contributed by atoms with Crippen molar-refractivity contribution in [2.45, 2.75) is 6.23 Å². The van der Waals surface area contributed by atoms with Gasteiger partial charge in [-0.15, -0.1) is 0 Å². The predicted octanol–water partition coefficient (Wildman–Crippen LogP) is 1.12. The summed E-state index contributed by atoms with van der Waals surface area (Å²) < 4.78 is 10.5. The second kappa shape index (κ2) is 6.18. The summed E-state index contributed by atoms with van der Waals surface area (Å²) in [5.74, 6) is 0. The van der Waals surface area contributed by atoms with Gasteiger partial charge in [-0.25, -0.2) is 0 Å². The van der Waals surface area contributed by atoms with Gasteiger partial charge < -0.3 is 19.3 Å². The molecule has 0 saturated heterocycles. The highest BCUT2D eigenvalue weighted by molar-refractivity contribution is 5.52. The van der Waals surface area contributed by atoms with E-state index in [1.807, 2.05) is 22.2 Å². The van der Waals surface area contributed by atoms with E-state index in [1.165, 1.54) is 0 Å². The second-order valence-corrected chi connectivity index (χ2v) is 4.11. The average molecular weight is 260 g/mol. The summed E-state index contributed by atoms with van der Waals surface area (Å²) in [6.45, 7) is 1.13. The lowest BCUT2D eigenvalue weighted by molar-refractivity contribution is -0.0491. The number of nitrogens with zero attached hydrogens (tertiary/aromatic N) is 4. The highest BCUT2D eigenvalue weighted by atomic mass is 16.5. The van der Waals surface area contributed by atoms with Crippen molar-refractivity contribution < 1.29 is 9.47 Å². The molecule has 100 valence electrons. The molecule has 6 nitrogen and oxygen atoms in total. The summed E-state index contributed by atoms with van der Waals surface area (Å²) in [4.78, 5) is 8.07. The molecule has 2 heterocycles. The molecule has 1 aliphatic rings. The molecule has 0 N–H and O–H groups in total. The SMILES string of the molecule is COCC(OC)N1C=CN(c2cncc(C#N)c2)C1. The van der Waals surface area contributed by atoms with Gasteiger partial charge in [-0.2, -0.15) is 5.26 Å². The minimum Gasteiger partial charge on any atom is -0.380 e. The minimum atomic E-state index is -0.127. The van der Waals surface area contributed by atoms with Gasteiger partial charge in [0.05, 0.1) is 30.7 Å². The quantitative estimate of drug-likeness (QED) is 0.790. The summed E-state index contributed by atoms with van der Waals surface area (Å²) in [5, 5.41) is 8.88. The van der Waals surface area contributed by atoms with Gasteiger partial charge in [-0.05, 0) is 6.07 Å². The molecule has 1 atom stereocenters. The third-order valence-electron chi connectivity index (χ3n) is 2.89. The molecule has 19 heavy (non-hydrogen) atoms. The molecule has 1 aliphatic heterocycles. The van der Waals surface area contributed by atoms with E-state index in [0.29, 0.717) is 18.8 Å². The zero-order valence-corrected chi connectivity index (χ0v) is 11.0. The number of hydrogen-bond donors (Lipinski definition) is 0. The number of hydrogen-bond acceptors (Lipinski definition) is 6. The Hall–Kier alpha value is -2.10. The van der Waals surface area contributed by atoms with Crippen LogP contribution in [0.15, 0.2) is 30.9 Å². The number of aromatic nitrogens is 1. The van der Waals surface area contributed by atoms with Crippen molar-refractivity contribution in [2.24, 2.45) is 0 Å². The summed E-state index contributed by atoms with van der Waals surface area (Å²) in [6.07, 6.45) is 7.02. The van der Waals surface area contributed by atoms with Gasteiger partial charge in [0.25, 0.3) is 0 Å². The third-order valence-corrected chi connectivity index (χ3v) is 2.89. The monoisotopic (exact) mass is 260 g/mol. The first kappa shape index (κ1) is 13.3. The summed E-state index contributed by atoms with van der Waals surface area (Å²) >= 11 is 0. The number of pyridine rings is 1. The van der Waals surface area contributed by atoms with Crippen LogP contribution in [-0.2, 0) is 9.47 Å². The van der Waals surface area contributed by atoms with Crippen molar-refractivity contribution >= 4 is 5.69 Å². The van der Waals surface area contributed by atoms with Crippen LogP contribution >= 0.6 is 0 Å². The van der Waals surface area contributed by atoms with Gasteiger partial charge in [-0.1, -0.05) is 0 Å². The Morgan fingerprint density at radius 3 is 2.95 bits per heavy atom. The maximum Gasteiger partial charge on any atom is 0.154 e. The van der Waals surface area contributed by atoms with E-state index in [0.717, 1.165) is 5.69 Å². The molecule has 0 bridgehead atoms. The van der Waals surface area contributed by atoms with Crippen molar-refractivity contribution in [3.05, 3.63) is 36.4 Å². The minimum absolute atomic E-state index is 0.127. The van der Waals surface area contributed by atoms with Crippen LogP contribution in [0.25, 0.3) is 0 Å². The molecule has 0 fully saturated rings. The van der Waals surface area contributed by atoms with Crippen LogP contribution < -0.4 is 4.90 Å². The molecule has 2 rings (SSSR count). The Balaban J connectivity index is 2.06. The van der Waals surface area contributed by atoms with Crippen molar-refractivity contribution in [3.8, 4) is 6.07 Å². The molecule has 6 heteroatoms. The Kier molecular flexibility index (Phi) is 4.34. The van der Waals surface area contributed by atoms with Gasteiger partial charge in [0.15, 0.2) is 6.23 Å². The lowest BCUT2D eigenvalue weighted by Gasteiger charge is -2.27. The molecule has 0 aromatic carbocycles.